The summed E-state index contributed by atoms with van der Waals surface area (Å²) >= 11 is 0. The Morgan fingerprint density at radius 1 is 1.05 bits per heavy atom. The Morgan fingerprint density at radius 2 is 1.76 bits per heavy atom. The van der Waals surface area contributed by atoms with Gasteiger partial charge in [-0.3, -0.25) is 0 Å². The number of nitrogens with one attached hydrogen (secondary N) is 1. The fourth-order valence-corrected chi connectivity index (χ4v) is 7.15. The molecule has 0 spiro atoms. The molecule has 0 bridgehead atoms. The molecule has 1 aliphatic heterocycles. The van der Waals surface area contributed by atoms with Crippen molar-refractivity contribution >= 4 is 27.4 Å². The van der Waals surface area contributed by atoms with Gasteiger partial charge in [-0.25, -0.2) is 22.3 Å². The Hall–Kier alpha value is -3.71. The lowest BCUT2D eigenvalue weighted by molar-refractivity contribution is 0.0692. The van der Waals surface area contributed by atoms with Gasteiger partial charge in [0.2, 0.25) is 10.0 Å². The van der Waals surface area contributed by atoms with Crippen molar-refractivity contribution in [1.29, 1.82) is 0 Å². The van der Waals surface area contributed by atoms with Crippen LogP contribution in [0.4, 0.5) is 15.8 Å². The molecular formula is C32H33FN2O5S. The van der Waals surface area contributed by atoms with E-state index in [-0.39, 0.29) is 16.9 Å². The summed E-state index contributed by atoms with van der Waals surface area (Å²) in [6.07, 6.45) is 5.12. The highest BCUT2D eigenvalue weighted by molar-refractivity contribution is 7.89. The number of hydrogen-bond acceptors (Lipinski definition) is 5. The van der Waals surface area contributed by atoms with Gasteiger partial charge in [0.25, 0.3) is 0 Å². The number of hydrogen-bond donors (Lipinski definition) is 3. The standard InChI is InChI=1S/C32H33FN2O5S/c1-32(2,38)16-15-23-18-29-30(19-25(23)22-13-14-27(33)26(17-22)31(36)37)41(39,40)34-28(21-9-5-3-6-10-21)20-35(29)24-11-7-4-8-12-24/h4,7-8,11-14,17-19,21,28,34,38H,3,5-6,9-10,20H2,1-2H3,(H,36,37). The molecule has 3 aromatic rings. The average molecular weight is 577 g/mol. The molecule has 2 aliphatic rings. The second-order valence-electron chi connectivity index (χ2n) is 11.2. The van der Waals surface area contributed by atoms with Crippen LogP contribution in [-0.2, 0) is 10.0 Å². The van der Waals surface area contributed by atoms with Gasteiger partial charge in [-0.2, -0.15) is 0 Å². The highest BCUT2D eigenvalue weighted by Crippen LogP contribution is 2.41. The molecule has 214 valence electrons. The summed E-state index contributed by atoms with van der Waals surface area (Å²) < 4.78 is 45.3. The number of halogens is 1. The Balaban J connectivity index is 1.77. The zero-order valence-corrected chi connectivity index (χ0v) is 23.8. The summed E-state index contributed by atoms with van der Waals surface area (Å²) in [7, 11) is -4.02. The van der Waals surface area contributed by atoms with E-state index in [1.807, 2.05) is 35.2 Å². The molecule has 1 fully saturated rings. The van der Waals surface area contributed by atoms with Crippen LogP contribution < -0.4 is 9.62 Å². The van der Waals surface area contributed by atoms with Crippen LogP contribution in [0, 0.1) is 23.6 Å². The lowest BCUT2D eigenvalue weighted by atomic mass is 9.84. The second kappa shape index (κ2) is 11.3. The van der Waals surface area contributed by atoms with Gasteiger partial charge >= 0.3 is 5.97 Å². The maximum Gasteiger partial charge on any atom is 0.338 e. The van der Waals surface area contributed by atoms with Crippen LogP contribution >= 0.6 is 0 Å². The van der Waals surface area contributed by atoms with Crippen molar-refractivity contribution in [3.63, 3.8) is 0 Å². The number of aliphatic hydroxyl groups is 1. The van der Waals surface area contributed by atoms with Gasteiger partial charge < -0.3 is 15.1 Å². The highest BCUT2D eigenvalue weighted by atomic mass is 32.2. The second-order valence-corrected chi connectivity index (χ2v) is 12.9. The minimum atomic E-state index is -4.02. The first-order valence-electron chi connectivity index (χ1n) is 13.7. The van der Waals surface area contributed by atoms with Gasteiger partial charge in [0.05, 0.1) is 11.3 Å². The lowest BCUT2D eigenvalue weighted by Gasteiger charge is -2.33. The maximum absolute atomic E-state index is 14.3. The summed E-state index contributed by atoms with van der Waals surface area (Å²) in [6, 6.07) is 16.0. The highest BCUT2D eigenvalue weighted by Gasteiger charge is 2.37. The molecule has 0 amide bonds. The number of fused-ring (bicyclic) bond motifs is 1. The summed E-state index contributed by atoms with van der Waals surface area (Å²) in [5.41, 5.74) is 0.338. The van der Waals surface area contributed by atoms with Gasteiger partial charge in [-0.05, 0) is 80.1 Å². The molecule has 1 aliphatic carbocycles. The van der Waals surface area contributed by atoms with E-state index >= 15 is 0 Å². The van der Waals surface area contributed by atoms with E-state index in [1.165, 1.54) is 32.0 Å². The van der Waals surface area contributed by atoms with Crippen LogP contribution in [0.5, 0.6) is 0 Å². The van der Waals surface area contributed by atoms with Crippen LogP contribution in [0.1, 0.15) is 61.9 Å². The summed E-state index contributed by atoms with van der Waals surface area (Å²) in [4.78, 5) is 13.7. The van der Waals surface area contributed by atoms with E-state index < -0.39 is 33.0 Å². The smallest absolute Gasteiger partial charge is 0.338 e. The number of nitrogens with zero attached hydrogens (tertiary/aromatic N) is 1. The number of para-hydroxylation sites is 1. The molecule has 7 nitrogen and oxygen atoms in total. The van der Waals surface area contributed by atoms with E-state index in [2.05, 4.69) is 16.6 Å². The largest absolute Gasteiger partial charge is 0.478 e. The topological polar surface area (TPSA) is 107 Å². The Bertz CT molecular complexity index is 1630. The SMILES string of the molecule is CC(C)(O)C#Cc1cc2c(cc1-c1ccc(F)c(C(=O)O)c1)S(=O)(=O)NC(C1CCCCC1)CN2c1ccccc1. The van der Waals surface area contributed by atoms with Crippen LogP contribution in [0.3, 0.4) is 0 Å². The van der Waals surface area contributed by atoms with Crippen molar-refractivity contribution in [2.75, 3.05) is 11.4 Å². The quantitative estimate of drug-likeness (QED) is 0.345. The molecule has 3 N–H and O–H groups in total. The molecule has 5 rings (SSSR count). The Kier molecular flexibility index (Phi) is 7.93. The van der Waals surface area contributed by atoms with Crippen LogP contribution in [0.2, 0.25) is 0 Å². The van der Waals surface area contributed by atoms with Crippen LogP contribution in [0.25, 0.3) is 11.1 Å². The lowest BCUT2D eigenvalue weighted by Crippen LogP contribution is -2.45. The molecule has 1 atom stereocenters. The number of carboxylic acids is 1. The number of anilines is 2. The molecule has 0 radical (unpaired) electrons. The first-order valence-corrected chi connectivity index (χ1v) is 15.2. The fraction of sp³-hybridized carbons (Fsp3) is 0.344. The molecule has 1 unspecified atom stereocenters. The van der Waals surface area contributed by atoms with Crippen molar-refractivity contribution in [2.24, 2.45) is 5.92 Å². The number of carboxylic acid groups (broad SMARTS) is 1. The van der Waals surface area contributed by atoms with Gasteiger partial charge in [0, 0.05) is 23.8 Å². The predicted molar refractivity (Wildman–Crippen MR) is 156 cm³/mol. The molecule has 0 aromatic heterocycles. The van der Waals surface area contributed by atoms with E-state index in [1.54, 1.807) is 6.07 Å². The van der Waals surface area contributed by atoms with E-state index in [4.69, 9.17) is 0 Å². The normalized spacial score (nSPS) is 19.0. The number of aromatic carboxylic acids is 1. The van der Waals surface area contributed by atoms with Gasteiger partial charge in [0.15, 0.2) is 0 Å². The van der Waals surface area contributed by atoms with E-state index in [9.17, 15) is 27.8 Å². The van der Waals surface area contributed by atoms with E-state index in [0.717, 1.165) is 43.9 Å². The average Bonchev–Trinajstić information content (AvgIpc) is 3.05. The molecule has 41 heavy (non-hydrogen) atoms. The zero-order chi connectivity index (χ0) is 29.4. The van der Waals surface area contributed by atoms with Gasteiger partial charge in [-0.15, -0.1) is 0 Å². The molecule has 1 saturated carbocycles. The third-order valence-electron chi connectivity index (χ3n) is 7.66. The summed E-state index contributed by atoms with van der Waals surface area (Å²) in [5.74, 6) is 3.60. The Labute approximate surface area is 240 Å². The number of rotatable bonds is 4. The molecule has 9 heteroatoms. The van der Waals surface area contributed by atoms with Crippen molar-refractivity contribution < 1.29 is 27.8 Å². The molecule has 3 aromatic carbocycles. The Morgan fingerprint density at radius 3 is 2.41 bits per heavy atom. The number of sulfonamides is 1. The molecular weight excluding hydrogens is 543 g/mol. The first-order chi connectivity index (χ1) is 19.4. The summed E-state index contributed by atoms with van der Waals surface area (Å²) in [6.45, 7) is 3.48. The summed E-state index contributed by atoms with van der Waals surface area (Å²) in [5, 5.41) is 19.9. The van der Waals surface area contributed by atoms with Crippen LogP contribution in [-0.4, -0.2) is 42.8 Å². The third kappa shape index (κ3) is 6.30. The maximum atomic E-state index is 14.3. The molecule has 1 heterocycles. The van der Waals surface area contributed by atoms with Crippen molar-refractivity contribution in [1.82, 2.24) is 4.72 Å². The minimum absolute atomic E-state index is 0.0182. The zero-order valence-electron chi connectivity index (χ0n) is 23.0. The predicted octanol–water partition coefficient (Wildman–Crippen LogP) is 5.69. The van der Waals surface area contributed by atoms with Crippen molar-refractivity contribution in [3.8, 4) is 23.0 Å². The van der Waals surface area contributed by atoms with Crippen LogP contribution in [0.15, 0.2) is 65.6 Å². The van der Waals surface area contributed by atoms with Crippen molar-refractivity contribution in [3.05, 3.63) is 77.6 Å². The monoisotopic (exact) mass is 576 g/mol. The van der Waals surface area contributed by atoms with Gasteiger partial charge in [-0.1, -0.05) is 55.4 Å². The number of carbonyl (C=O) groups is 1. The van der Waals surface area contributed by atoms with Crippen molar-refractivity contribution in [2.45, 2.75) is 62.5 Å². The fourth-order valence-electron chi connectivity index (χ4n) is 5.64. The minimum Gasteiger partial charge on any atom is -0.478 e. The first kappa shape index (κ1) is 28.8. The van der Waals surface area contributed by atoms with E-state index in [0.29, 0.717) is 28.9 Å². The van der Waals surface area contributed by atoms with Gasteiger partial charge in [0.1, 0.15) is 16.3 Å². The molecule has 0 saturated heterocycles. The third-order valence-corrected chi connectivity index (χ3v) is 9.18. The number of benzene rings is 3.